The summed E-state index contributed by atoms with van der Waals surface area (Å²) in [6.07, 6.45) is 1.85. The fourth-order valence-electron chi connectivity index (χ4n) is 8.34. The summed E-state index contributed by atoms with van der Waals surface area (Å²) >= 11 is 0. The van der Waals surface area contributed by atoms with Gasteiger partial charge in [-0.15, -0.1) is 29.8 Å². The molecule has 1 atom stereocenters. The summed E-state index contributed by atoms with van der Waals surface area (Å²) in [6, 6.07) is 58.0. The molecule has 2 aromatic heterocycles. The van der Waals surface area contributed by atoms with Gasteiger partial charge in [-0.05, 0) is 74.1 Å². The van der Waals surface area contributed by atoms with Crippen LogP contribution >= 0.6 is 0 Å². The second kappa shape index (κ2) is 15.4. The first-order valence-corrected chi connectivity index (χ1v) is 20.0. The predicted octanol–water partition coefficient (Wildman–Crippen LogP) is 13.0. The molecule has 0 saturated carbocycles. The molecule has 0 fully saturated rings. The number of nitrogens with zero attached hydrogens (tertiary/aromatic N) is 3. The third-order valence-electron chi connectivity index (χ3n) is 11.8. The zero-order valence-electron chi connectivity index (χ0n) is 34.5. The van der Waals surface area contributed by atoms with Crippen LogP contribution in [-0.4, -0.2) is 26.6 Å². The summed E-state index contributed by atoms with van der Waals surface area (Å²) in [5.41, 5.74) is 8.72. The maximum Gasteiger partial charge on any atom is 2.00 e. The normalized spacial score (nSPS) is 16.2. The molecule has 3 heterocycles. The van der Waals surface area contributed by atoms with E-state index in [-0.39, 0.29) is 32.4 Å². The van der Waals surface area contributed by atoms with E-state index in [2.05, 4.69) is 193 Å². The SMILES string of the molecule is Cc1ccc2c(c1)c1cccnc1n2-c1[c-]c(Oc2[c-]c(C3=N[C@](C)(C(c4ccccc4)c4ccccc4)C(C)(C)O3)cc(-c3ccccc3)c2)cc(C(C)(C)C)c1.[Pt+2]. The molecule has 8 aromatic rings. The van der Waals surface area contributed by atoms with Gasteiger partial charge in [-0.25, -0.2) is 4.98 Å². The van der Waals surface area contributed by atoms with Crippen molar-refractivity contribution in [1.29, 1.82) is 0 Å². The van der Waals surface area contributed by atoms with Gasteiger partial charge in [-0.1, -0.05) is 152 Å². The molecule has 1 aliphatic rings. The van der Waals surface area contributed by atoms with Crippen LogP contribution in [0.15, 0.2) is 157 Å². The molecule has 9 rings (SSSR count). The fraction of sp³-hybridized carbons (Fsp3) is 0.208. The van der Waals surface area contributed by atoms with E-state index in [1.807, 2.05) is 24.4 Å². The van der Waals surface area contributed by atoms with Gasteiger partial charge in [0.15, 0.2) is 0 Å². The fourth-order valence-corrected chi connectivity index (χ4v) is 8.34. The number of aromatic nitrogens is 2. The molecule has 0 amide bonds. The van der Waals surface area contributed by atoms with Gasteiger partial charge < -0.3 is 14.0 Å². The van der Waals surface area contributed by atoms with Gasteiger partial charge in [-0.3, -0.25) is 4.99 Å². The van der Waals surface area contributed by atoms with Crippen molar-refractivity contribution in [3.05, 3.63) is 192 Å². The topological polar surface area (TPSA) is 48.6 Å². The van der Waals surface area contributed by atoms with Crippen molar-refractivity contribution in [3.8, 4) is 28.3 Å². The smallest absolute Gasteiger partial charge is 0.512 e. The number of aliphatic imine (C=N–C) groups is 1. The Hall–Kier alpha value is -5.77. The zero-order chi connectivity index (χ0) is 40.2. The molecule has 0 aliphatic carbocycles. The van der Waals surface area contributed by atoms with Crippen LogP contribution in [0.1, 0.15) is 75.3 Å². The number of hydrogen-bond donors (Lipinski definition) is 0. The summed E-state index contributed by atoms with van der Waals surface area (Å²) in [4.78, 5) is 10.4. The van der Waals surface area contributed by atoms with Crippen LogP contribution in [0.25, 0.3) is 38.8 Å². The summed E-state index contributed by atoms with van der Waals surface area (Å²) in [6.45, 7) is 15.3. The van der Waals surface area contributed by atoms with Gasteiger partial charge in [0.1, 0.15) is 17.1 Å². The first-order chi connectivity index (χ1) is 27.9. The van der Waals surface area contributed by atoms with Gasteiger partial charge in [0, 0.05) is 34.4 Å². The van der Waals surface area contributed by atoms with Gasteiger partial charge in [-0.2, -0.15) is 0 Å². The summed E-state index contributed by atoms with van der Waals surface area (Å²) < 4.78 is 16.0. The Morgan fingerprint density at radius 3 is 1.98 bits per heavy atom. The molecule has 296 valence electrons. The molecular weight excluding hydrogens is 906 g/mol. The third kappa shape index (κ3) is 7.42. The van der Waals surface area contributed by atoms with Crippen LogP contribution < -0.4 is 4.74 Å². The number of ether oxygens (including phenoxy) is 2. The van der Waals surface area contributed by atoms with Crippen LogP contribution in [0.4, 0.5) is 0 Å². The van der Waals surface area contributed by atoms with Gasteiger partial charge in [0.2, 0.25) is 0 Å². The number of fused-ring (bicyclic) bond motifs is 3. The minimum atomic E-state index is -0.672. The number of pyridine rings is 1. The molecule has 0 N–H and O–H groups in total. The van der Waals surface area contributed by atoms with Crippen molar-refractivity contribution < 1.29 is 30.5 Å². The summed E-state index contributed by atoms with van der Waals surface area (Å²) in [7, 11) is 0. The summed E-state index contributed by atoms with van der Waals surface area (Å²) in [5, 5.41) is 2.25. The van der Waals surface area contributed by atoms with E-state index in [4.69, 9.17) is 19.5 Å². The predicted molar refractivity (Wildman–Crippen MR) is 236 cm³/mol. The van der Waals surface area contributed by atoms with Crippen LogP contribution in [0, 0.1) is 19.1 Å². The Labute approximate surface area is 362 Å². The van der Waals surface area contributed by atoms with Crippen LogP contribution in [0.5, 0.6) is 11.5 Å². The molecule has 5 nitrogen and oxygen atoms in total. The largest absolute Gasteiger partial charge is 2.00 e. The molecule has 6 aromatic carbocycles. The van der Waals surface area contributed by atoms with E-state index in [1.165, 1.54) is 16.7 Å². The van der Waals surface area contributed by atoms with E-state index >= 15 is 0 Å². The standard InChI is InChI=1S/C53H47N3O2.Pt/c1-35-25-26-47-46(28-35)45-24-17-27-54-49(45)56(47)42-32-41(51(2,3)4)33-44(34-42)57-43-30-39(36-18-11-8-12-19-36)29-40(31-43)50-55-53(7,52(5,6)58-50)48(37-20-13-9-14-21-37)38-22-15-10-16-23-38;/h8-30,32-33,48H,1-7H3;/q-2;+2/t53-;/m1./s1. The average molecular weight is 953 g/mol. The van der Waals surface area contributed by atoms with Crippen molar-refractivity contribution >= 4 is 27.8 Å². The van der Waals surface area contributed by atoms with Crippen molar-refractivity contribution in [2.45, 2.75) is 70.9 Å². The number of rotatable bonds is 8. The molecule has 59 heavy (non-hydrogen) atoms. The van der Waals surface area contributed by atoms with Crippen molar-refractivity contribution in [1.82, 2.24) is 9.55 Å². The van der Waals surface area contributed by atoms with Crippen LogP contribution in [-0.2, 0) is 31.2 Å². The van der Waals surface area contributed by atoms with Gasteiger partial charge in [0.05, 0.1) is 11.1 Å². The molecular formula is C53H47N3O2Pt. The van der Waals surface area contributed by atoms with Gasteiger partial charge in [0.25, 0.3) is 0 Å². The van der Waals surface area contributed by atoms with Crippen molar-refractivity contribution in [2.75, 3.05) is 0 Å². The number of aryl methyl sites for hydroxylation is 1. The molecule has 0 unspecified atom stereocenters. The maximum atomic E-state index is 6.94. The molecule has 0 bridgehead atoms. The minimum Gasteiger partial charge on any atom is -0.512 e. The maximum absolute atomic E-state index is 6.94. The second-order valence-electron chi connectivity index (χ2n) is 17.1. The Morgan fingerprint density at radius 1 is 0.678 bits per heavy atom. The van der Waals surface area contributed by atoms with E-state index in [1.54, 1.807) is 0 Å². The quantitative estimate of drug-likeness (QED) is 0.143. The first-order valence-electron chi connectivity index (χ1n) is 20.0. The Morgan fingerprint density at radius 2 is 1.32 bits per heavy atom. The third-order valence-corrected chi connectivity index (χ3v) is 11.8. The van der Waals surface area contributed by atoms with E-state index in [9.17, 15) is 0 Å². The zero-order valence-corrected chi connectivity index (χ0v) is 36.8. The van der Waals surface area contributed by atoms with E-state index < -0.39 is 11.1 Å². The first kappa shape index (κ1) is 40.0. The van der Waals surface area contributed by atoms with Crippen molar-refractivity contribution in [3.63, 3.8) is 0 Å². The van der Waals surface area contributed by atoms with E-state index in [0.29, 0.717) is 17.4 Å². The van der Waals surface area contributed by atoms with E-state index in [0.717, 1.165) is 49.9 Å². The number of hydrogen-bond acceptors (Lipinski definition) is 4. The number of benzene rings is 6. The van der Waals surface area contributed by atoms with Crippen molar-refractivity contribution in [2.24, 2.45) is 4.99 Å². The summed E-state index contributed by atoms with van der Waals surface area (Å²) in [5.74, 6) is 1.59. The molecule has 1 aliphatic heterocycles. The Balaban J connectivity index is 0.00000484. The van der Waals surface area contributed by atoms with Gasteiger partial charge >= 0.3 is 21.1 Å². The molecule has 0 radical (unpaired) electrons. The Bertz CT molecular complexity index is 2780. The second-order valence-corrected chi connectivity index (χ2v) is 17.1. The minimum absolute atomic E-state index is 0. The monoisotopic (exact) mass is 952 g/mol. The Kier molecular flexibility index (Phi) is 10.5. The van der Waals surface area contributed by atoms with Crippen LogP contribution in [0.2, 0.25) is 0 Å². The molecule has 0 spiro atoms. The van der Waals surface area contributed by atoms with Crippen LogP contribution in [0.3, 0.4) is 0 Å². The average Bonchev–Trinajstić information content (AvgIpc) is 3.67. The molecule has 0 saturated heterocycles. The molecule has 6 heteroatoms.